The predicted molar refractivity (Wildman–Crippen MR) is 63.2 cm³/mol. The molecule has 0 unspecified atom stereocenters. The van der Waals surface area contributed by atoms with E-state index >= 15 is 0 Å². The maximum Gasteiger partial charge on any atom is 0.214 e. The van der Waals surface area contributed by atoms with Gasteiger partial charge in [0.05, 0.1) is 5.75 Å². The first kappa shape index (κ1) is 13.0. The Balaban J connectivity index is 2.61. The fourth-order valence-corrected chi connectivity index (χ4v) is 4.16. The van der Waals surface area contributed by atoms with E-state index in [0.717, 1.165) is 32.4 Å². The van der Waals surface area contributed by atoms with Crippen LogP contribution in [0.2, 0.25) is 0 Å². The topological polar surface area (TPSA) is 37.4 Å². The molecule has 1 saturated heterocycles. The van der Waals surface area contributed by atoms with Gasteiger partial charge in [-0.15, -0.1) is 0 Å². The van der Waals surface area contributed by atoms with E-state index in [1.807, 2.05) is 6.92 Å². The number of hydrogen-bond donors (Lipinski definition) is 0. The Hall–Kier alpha value is -0.0900. The molecule has 0 amide bonds. The summed E-state index contributed by atoms with van der Waals surface area (Å²) in [6.07, 6.45) is 2.87. The molecule has 1 heterocycles. The molecule has 0 aliphatic carbocycles. The highest BCUT2D eigenvalue weighted by atomic mass is 32.2. The minimum absolute atomic E-state index is 0.322. The summed E-state index contributed by atoms with van der Waals surface area (Å²) in [5.74, 6) is 1.33. The number of unbranched alkanes of at least 4 members (excludes halogenated alkanes) is 1. The van der Waals surface area contributed by atoms with Crippen molar-refractivity contribution in [2.75, 3.05) is 18.8 Å². The van der Waals surface area contributed by atoms with Gasteiger partial charge in [-0.05, 0) is 24.7 Å². The molecule has 1 aliphatic heterocycles. The Morgan fingerprint density at radius 3 is 2.20 bits per heavy atom. The van der Waals surface area contributed by atoms with Crippen LogP contribution >= 0.6 is 0 Å². The van der Waals surface area contributed by atoms with Crippen LogP contribution in [0.4, 0.5) is 0 Å². The molecule has 0 bridgehead atoms. The van der Waals surface area contributed by atoms with E-state index in [9.17, 15) is 8.42 Å². The van der Waals surface area contributed by atoms with E-state index in [1.54, 1.807) is 4.31 Å². The lowest BCUT2D eigenvalue weighted by Crippen LogP contribution is -2.43. The van der Waals surface area contributed by atoms with Crippen molar-refractivity contribution >= 4 is 10.0 Å². The Morgan fingerprint density at radius 1 is 1.20 bits per heavy atom. The molecule has 0 radical (unpaired) electrons. The van der Waals surface area contributed by atoms with Gasteiger partial charge >= 0.3 is 0 Å². The molecule has 0 N–H and O–H groups in total. The van der Waals surface area contributed by atoms with Crippen LogP contribution < -0.4 is 0 Å². The third kappa shape index (κ3) is 3.76. The van der Waals surface area contributed by atoms with E-state index in [1.165, 1.54) is 0 Å². The summed E-state index contributed by atoms with van der Waals surface area (Å²) in [5, 5.41) is 0. The molecule has 0 spiro atoms. The van der Waals surface area contributed by atoms with Crippen LogP contribution in [0.15, 0.2) is 0 Å². The molecule has 0 saturated carbocycles. The summed E-state index contributed by atoms with van der Waals surface area (Å²) in [5.41, 5.74) is 0. The van der Waals surface area contributed by atoms with E-state index in [-0.39, 0.29) is 0 Å². The van der Waals surface area contributed by atoms with Gasteiger partial charge in [-0.1, -0.05) is 27.2 Å². The van der Waals surface area contributed by atoms with Crippen LogP contribution in [0.1, 0.15) is 40.0 Å². The first-order valence-corrected chi connectivity index (χ1v) is 7.54. The lowest BCUT2D eigenvalue weighted by atomic mass is 9.94. The number of nitrogens with zero attached hydrogens (tertiary/aromatic N) is 1. The van der Waals surface area contributed by atoms with Crippen molar-refractivity contribution in [3.63, 3.8) is 0 Å². The van der Waals surface area contributed by atoms with Crippen LogP contribution in [0.25, 0.3) is 0 Å². The average molecular weight is 233 g/mol. The zero-order valence-corrected chi connectivity index (χ0v) is 10.9. The van der Waals surface area contributed by atoms with Gasteiger partial charge in [0.1, 0.15) is 0 Å². The second-order valence-corrected chi connectivity index (χ2v) is 7.02. The predicted octanol–water partition coefficient (Wildman–Crippen LogP) is 2.09. The maximum absolute atomic E-state index is 12.0. The lowest BCUT2D eigenvalue weighted by molar-refractivity contribution is 0.222. The van der Waals surface area contributed by atoms with Gasteiger partial charge in [-0.3, -0.25) is 0 Å². The summed E-state index contributed by atoms with van der Waals surface area (Å²) in [7, 11) is -2.98. The minimum atomic E-state index is -2.98. The first-order chi connectivity index (χ1) is 6.95. The SMILES string of the molecule is CCCCS(=O)(=O)N1C[C@H](C)C[C@@H](C)C1. The van der Waals surface area contributed by atoms with Crippen molar-refractivity contribution in [2.45, 2.75) is 40.0 Å². The molecule has 90 valence electrons. The fraction of sp³-hybridized carbons (Fsp3) is 1.00. The second kappa shape index (κ2) is 5.30. The lowest BCUT2D eigenvalue weighted by Gasteiger charge is -2.34. The van der Waals surface area contributed by atoms with Gasteiger partial charge in [0.2, 0.25) is 10.0 Å². The van der Waals surface area contributed by atoms with Gasteiger partial charge in [0.25, 0.3) is 0 Å². The molecule has 3 nitrogen and oxygen atoms in total. The van der Waals surface area contributed by atoms with E-state index in [2.05, 4.69) is 13.8 Å². The van der Waals surface area contributed by atoms with Gasteiger partial charge in [0.15, 0.2) is 0 Å². The molecule has 1 aliphatic rings. The molecule has 0 aromatic carbocycles. The molecular formula is C11H23NO2S. The average Bonchev–Trinajstić information content (AvgIpc) is 2.13. The van der Waals surface area contributed by atoms with Crippen LogP contribution in [0.3, 0.4) is 0 Å². The minimum Gasteiger partial charge on any atom is -0.212 e. The highest BCUT2D eigenvalue weighted by Gasteiger charge is 2.29. The number of piperidine rings is 1. The molecule has 1 rings (SSSR count). The van der Waals surface area contributed by atoms with Crippen molar-refractivity contribution in [2.24, 2.45) is 11.8 Å². The summed E-state index contributed by atoms with van der Waals surface area (Å²) >= 11 is 0. The zero-order chi connectivity index (χ0) is 11.5. The normalized spacial score (nSPS) is 29.3. The molecule has 2 atom stereocenters. The van der Waals surface area contributed by atoms with E-state index < -0.39 is 10.0 Å². The second-order valence-electron chi connectivity index (χ2n) is 4.93. The van der Waals surface area contributed by atoms with Crippen LogP contribution in [-0.4, -0.2) is 31.6 Å². The first-order valence-electron chi connectivity index (χ1n) is 5.93. The summed E-state index contributed by atoms with van der Waals surface area (Å²) < 4.78 is 25.6. The summed E-state index contributed by atoms with van der Waals surface area (Å²) in [4.78, 5) is 0. The van der Waals surface area contributed by atoms with Crippen LogP contribution in [0.5, 0.6) is 0 Å². The molecular weight excluding hydrogens is 210 g/mol. The molecule has 15 heavy (non-hydrogen) atoms. The van der Waals surface area contributed by atoms with Gasteiger partial charge < -0.3 is 0 Å². The van der Waals surface area contributed by atoms with Crippen LogP contribution in [0, 0.1) is 11.8 Å². The Bertz CT molecular complexity index is 277. The van der Waals surface area contributed by atoms with Crippen molar-refractivity contribution in [1.29, 1.82) is 0 Å². The number of rotatable bonds is 4. The third-order valence-corrected chi connectivity index (χ3v) is 4.87. The highest BCUT2D eigenvalue weighted by molar-refractivity contribution is 7.89. The van der Waals surface area contributed by atoms with Gasteiger partial charge in [0, 0.05) is 13.1 Å². The zero-order valence-electron chi connectivity index (χ0n) is 10.1. The summed E-state index contributed by atoms with van der Waals surface area (Å²) in [6, 6.07) is 0. The maximum atomic E-state index is 12.0. The summed E-state index contributed by atoms with van der Waals surface area (Å²) in [6.45, 7) is 7.74. The fourth-order valence-electron chi connectivity index (χ4n) is 2.29. The van der Waals surface area contributed by atoms with Crippen molar-refractivity contribution < 1.29 is 8.42 Å². The quantitative estimate of drug-likeness (QED) is 0.745. The Labute approximate surface area is 93.9 Å². The standard InChI is InChI=1S/C11H23NO2S/c1-4-5-6-15(13,14)12-8-10(2)7-11(3)9-12/h10-11H,4-9H2,1-3H3/t10-,11-/m1/s1. The van der Waals surface area contributed by atoms with Crippen LogP contribution in [-0.2, 0) is 10.0 Å². The van der Waals surface area contributed by atoms with E-state index in [4.69, 9.17) is 0 Å². The van der Waals surface area contributed by atoms with Crippen molar-refractivity contribution in [1.82, 2.24) is 4.31 Å². The molecule has 0 aromatic heterocycles. The van der Waals surface area contributed by atoms with Gasteiger partial charge in [-0.2, -0.15) is 0 Å². The molecule has 0 aromatic rings. The van der Waals surface area contributed by atoms with E-state index in [0.29, 0.717) is 17.6 Å². The largest absolute Gasteiger partial charge is 0.214 e. The monoisotopic (exact) mass is 233 g/mol. The Kier molecular flexibility index (Phi) is 4.59. The third-order valence-electron chi connectivity index (χ3n) is 2.98. The number of hydrogen-bond acceptors (Lipinski definition) is 2. The number of sulfonamides is 1. The van der Waals surface area contributed by atoms with Crippen molar-refractivity contribution in [3.8, 4) is 0 Å². The van der Waals surface area contributed by atoms with Crippen molar-refractivity contribution in [3.05, 3.63) is 0 Å². The Morgan fingerprint density at radius 2 is 1.73 bits per heavy atom. The molecule has 4 heteroatoms. The van der Waals surface area contributed by atoms with Gasteiger partial charge in [-0.25, -0.2) is 12.7 Å². The molecule has 1 fully saturated rings. The smallest absolute Gasteiger partial charge is 0.212 e. The highest BCUT2D eigenvalue weighted by Crippen LogP contribution is 2.23.